The van der Waals surface area contributed by atoms with Crippen molar-refractivity contribution in [2.75, 3.05) is 5.43 Å². The summed E-state index contributed by atoms with van der Waals surface area (Å²) in [6, 6.07) is 4.80. The predicted molar refractivity (Wildman–Crippen MR) is 53.1 cm³/mol. The Balaban J connectivity index is 2.12. The van der Waals surface area contributed by atoms with Gasteiger partial charge in [0.15, 0.2) is 0 Å². The summed E-state index contributed by atoms with van der Waals surface area (Å²) in [5.74, 6) is 0.702. The minimum Gasteiger partial charge on any atom is -0.467 e. The molecule has 0 saturated heterocycles. The van der Waals surface area contributed by atoms with Gasteiger partial charge in [-0.1, -0.05) is 0 Å². The second-order valence-electron chi connectivity index (χ2n) is 2.89. The molecule has 0 spiro atoms. The first kappa shape index (κ1) is 9.32. The van der Waals surface area contributed by atoms with Crippen LogP contribution in [0.3, 0.4) is 0 Å². The Labute approximate surface area is 84.1 Å². The number of furan rings is 1. The van der Waals surface area contributed by atoms with Crippen LogP contribution in [0.5, 0.6) is 0 Å². The summed E-state index contributed by atoms with van der Waals surface area (Å²) in [6.07, 6.45) is 2.91. The van der Waals surface area contributed by atoms with Gasteiger partial charge in [-0.2, -0.15) is 0 Å². The normalized spacial score (nSPS) is 10.1. The van der Waals surface area contributed by atoms with Crippen molar-refractivity contribution in [3.8, 4) is 0 Å². The second-order valence-corrected chi connectivity index (χ2v) is 2.89. The van der Waals surface area contributed by atoms with Gasteiger partial charge in [0.2, 0.25) is 0 Å². The lowest BCUT2D eigenvalue weighted by molar-refractivity contribution is 0.508. The summed E-state index contributed by atoms with van der Waals surface area (Å²) in [6.45, 7) is 0.374. The number of hydrogen-bond donors (Lipinski definition) is 2. The van der Waals surface area contributed by atoms with Crippen molar-refractivity contribution in [1.82, 2.24) is 9.66 Å². The molecule has 6 nitrogen and oxygen atoms in total. The standard InChI is InChI=1S/C9H9N3O3/c13-8-3-4-12(9(14)11-8)10-6-7-2-1-5-15-7/h1-5,10H,6H2,(H,11,13,14). The molecule has 0 aliphatic carbocycles. The van der Waals surface area contributed by atoms with Crippen LogP contribution in [0.4, 0.5) is 0 Å². The molecule has 0 radical (unpaired) electrons. The van der Waals surface area contributed by atoms with E-state index in [-0.39, 0.29) is 0 Å². The molecule has 0 aliphatic rings. The molecule has 0 fully saturated rings. The molecule has 0 saturated carbocycles. The number of aromatic nitrogens is 2. The van der Waals surface area contributed by atoms with E-state index in [0.717, 1.165) is 0 Å². The molecular formula is C9H9N3O3. The maximum Gasteiger partial charge on any atom is 0.346 e. The number of nitrogens with one attached hydrogen (secondary N) is 2. The fourth-order valence-electron chi connectivity index (χ4n) is 1.12. The number of rotatable bonds is 3. The fraction of sp³-hybridized carbons (Fsp3) is 0.111. The van der Waals surface area contributed by atoms with Gasteiger partial charge < -0.3 is 9.84 Å². The van der Waals surface area contributed by atoms with Crippen LogP contribution in [-0.4, -0.2) is 9.66 Å². The first-order valence-electron chi connectivity index (χ1n) is 4.34. The van der Waals surface area contributed by atoms with Gasteiger partial charge in [0.25, 0.3) is 5.56 Å². The number of nitrogens with zero attached hydrogens (tertiary/aromatic N) is 1. The van der Waals surface area contributed by atoms with Crippen LogP contribution in [0.15, 0.2) is 44.7 Å². The number of aromatic amines is 1. The Bertz CT molecular complexity index is 538. The van der Waals surface area contributed by atoms with E-state index in [1.807, 2.05) is 0 Å². The van der Waals surface area contributed by atoms with Crippen LogP contribution in [0.1, 0.15) is 5.76 Å². The molecule has 78 valence electrons. The Morgan fingerprint density at radius 1 is 1.40 bits per heavy atom. The summed E-state index contributed by atoms with van der Waals surface area (Å²) in [7, 11) is 0. The van der Waals surface area contributed by atoms with Gasteiger partial charge in [-0.3, -0.25) is 9.78 Å². The van der Waals surface area contributed by atoms with Gasteiger partial charge in [0, 0.05) is 12.3 Å². The van der Waals surface area contributed by atoms with Crippen molar-refractivity contribution < 1.29 is 4.42 Å². The third-order valence-corrected chi connectivity index (χ3v) is 1.83. The highest BCUT2D eigenvalue weighted by molar-refractivity contribution is 5.00. The van der Waals surface area contributed by atoms with Crippen molar-refractivity contribution in [3.05, 3.63) is 57.3 Å². The maximum atomic E-state index is 11.2. The second kappa shape index (κ2) is 3.87. The molecule has 2 aromatic rings. The lowest BCUT2D eigenvalue weighted by atomic mass is 10.5. The summed E-state index contributed by atoms with van der Waals surface area (Å²) in [5, 5.41) is 0. The van der Waals surface area contributed by atoms with Gasteiger partial charge >= 0.3 is 5.69 Å². The van der Waals surface area contributed by atoms with E-state index < -0.39 is 11.2 Å². The van der Waals surface area contributed by atoms with Gasteiger partial charge in [-0.05, 0) is 12.1 Å². The van der Waals surface area contributed by atoms with Crippen molar-refractivity contribution in [3.63, 3.8) is 0 Å². The first-order chi connectivity index (χ1) is 7.25. The van der Waals surface area contributed by atoms with E-state index in [2.05, 4.69) is 10.4 Å². The van der Waals surface area contributed by atoms with Crippen LogP contribution in [0.2, 0.25) is 0 Å². The molecule has 0 amide bonds. The Kier molecular flexibility index (Phi) is 2.40. The zero-order valence-corrected chi connectivity index (χ0v) is 7.77. The molecular weight excluding hydrogens is 198 g/mol. The third kappa shape index (κ3) is 2.16. The third-order valence-electron chi connectivity index (χ3n) is 1.83. The first-order valence-corrected chi connectivity index (χ1v) is 4.34. The minimum atomic E-state index is -0.506. The molecule has 2 aromatic heterocycles. The fourth-order valence-corrected chi connectivity index (χ4v) is 1.12. The van der Waals surface area contributed by atoms with Crippen molar-refractivity contribution in [2.45, 2.75) is 6.54 Å². The molecule has 2 heterocycles. The highest BCUT2D eigenvalue weighted by Gasteiger charge is 1.97. The molecule has 0 aromatic carbocycles. The smallest absolute Gasteiger partial charge is 0.346 e. The Morgan fingerprint density at radius 3 is 2.93 bits per heavy atom. The van der Waals surface area contributed by atoms with Gasteiger partial charge in [0.05, 0.1) is 12.8 Å². The van der Waals surface area contributed by atoms with Crippen LogP contribution in [-0.2, 0) is 6.54 Å². The van der Waals surface area contributed by atoms with Gasteiger partial charge in [-0.15, -0.1) is 0 Å². The van der Waals surface area contributed by atoms with Gasteiger partial charge in [0.1, 0.15) is 5.76 Å². The maximum absolute atomic E-state index is 11.2. The SMILES string of the molecule is O=c1ccn(NCc2ccco2)c(=O)[nH]1. The zero-order valence-electron chi connectivity index (χ0n) is 7.77. The molecule has 2 rings (SSSR count). The highest BCUT2D eigenvalue weighted by Crippen LogP contribution is 1.98. The lowest BCUT2D eigenvalue weighted by Crippen LogP contribution is -2.34. The molecule has 0 unspecified atom stereocenters. The summed E-state index contributed by atoms with van der Waals surface area (Å²) >= 11 is 0. The number of hydrogen-bond acceptors (Lipinski definition) is 4. The lowest BCUT2D eigenvalue weighted by Gasteiger charge is -2.05. The van der Waals surface area contributed by atoms with E-state index >= 15 is 0 Å². The van der Waals surface area contributed by atoms with E-state index in [0.29, 0.717) is 12.3 Å². The van der Waals surface area contributed by atoms with Crippen molar-refractivity contribution in [1.29, 1.82) is 0 Å². The molecule has 2 N–H and O–H groups in total. The highest BCUT2D eigenvalue weighted by atomic mass is 16.3. The molecule has 0 atom stereocenters. The van der Waals surface area contributed by atoms with E-state index in [1.165, 1.54) is 16.9 Å². The average Bonchev–Trinajstić information content (AvgIpc) is 2.69. The average molecular weight is 207 g/mol. The van der Waals surface area contributed by atoms with Gasteiger partial charge in [-0.25, -0.2) is 9.47 Å². The molecule has 0 bridgehead atoms. The molecule has 15 heavy (non-hydrogen) atoms. The van der Waals surface area contributed by atoms with E-state index in [1.54, 1.807) is 18.4 Å². The summed E-state index contributed by atoms with van der Waals surface area (Å²) in [5.41, 5.74) is 1.86. The minimum absolute atomic E-state index is 0.374. The van der Waals surface area contributed by atoms with Crippen LogP contribution < -0.4 is 16.7 Å². The largest absolute Gasteiger partial charge is 0.467 e. The molecule has 0 aliphatic heterocycles. The predicted octanol–water partition coefficient (Wildman–Crippen LogP) is -0.127. The quantitative estimate of drug-likeness (QED) is 0.734. The van der Waals surface area contributed by atoms with E-state index in [4.69, 9.17) is 4.42 Å². The Hall–Kier alpha value is -2.24. The van der Waals surface area contributed by atoms with Crippen LogP contribution >= 0.6 is 0 Å². The summed E-state index contributed by atoms with van der Waals surface area (Å²) in [4.78, 5) is 24.1. The van der Waals surface area contributed by atoms with E-state index in [9.17, 15) is 9.59 Å². The topological polar surface area (TPSA) is 80.0 Å². The zero-order chi connectivity index (χ0) is 10.7. The molecule has 6 heteroatoms. The van der Waals surface area contributed by atoms with Crippen LogP contribution in [0, 0.1) is 0 Å². The Morgan fingerprint density at radius 2 is 2.27 bits per heavy atom. The number of H-pyrrole nitrogens is 1. The van der Waals surface area contributed by atoms with Crippen LogP contribution in [0.25, 0.3) is 0 Å². The van der Waals surface area contributed by atoms with Crippen molar-refractivity contribution in [2.24, 2.45) is 0 Å². The summed E-state index contributed by atoms with van der Waals surface area (Å²) < 4.78 is 6.25. The van der Waals surface area contributed by atoms with Crippen molar-refractivity contribution >= 4 is 0 Å². The monoisotopic (exact) mass is 207 g/mol.